The minimum atomic E-state index is 0.750. The second-order valence-corrected chi connectivity index (χ2v) is 8.14. The zero-order chi connectivity index (χ0) is 24.0. The number of aromatic amines is 2. The quantitative estimate of drug-likeness (QED) is 0.443. The summed E-state index contributed by atoms with van der Waals surface area (Å²) in [5.74, 6) is 0. The maximum absolute atomic E-state index is 4.48. The van der Waals surface area contributed by atoms with Gasteiger partial charge in [-0.05, 0) is 69.4 Å². The van der Waals surface area contributed by atoms with E-state index in [1.807, 2.05) is 39.4 Å². The molecule has 3 aromatic rings. The standard InChI is InChI=1S/C27H32N6/c1-8-21(14-23(9-2)29-19(4)17-33(6)7)18(3)10-11-24-20(5)27(32-31-24)25-15-22-12-13-28-16-26(22)30-25/h8-16,29-31H,2,4-5,17H2,1,3,6-7H3/b18-10+,21-8+,23-14+,24-11+. The summed E-state index contributed by atoms with van der Waals surface area (Å²) in [5.41, 5.74) is 6.68. The predicted octanol–water partition coefficient (Wildman–Crippen LogP) is 3.77. The van der Waals surface area contributed by atoms with Gasteiger partial charge < -0.3 is 15.2 Å². The van der Waals surface area contributed by atoms with Crippen LogP contribution in [0.25, 0.3) is 34.9 Å². The topological polar surface area (TPSA) is 72.6 Å². The Morgan fingerprint density at radius 1 is 1.30 bits per heavy atom. The van der Waals surface area contributed by atoms with Crippen molar-refractivity contribution in [2.75, 3.05) is 20.6 Å². The molecule has 3 rings (SSSR count). The van der Waals surface area contributed by atoms with Crippen molar-refractivity contribution in [1.29, 1.82) is 0 Å². The second-order valence-electron chi connectivity index (χ2n) is 8.14. The van der Waals surface area contributed by atoms with Gasteiger partial charge in [-0.2, -0.15) is 5.10 Å². The number of allylic oxidation sites excluding steroid dienone is 6. The molecule has 170 valence electrons. The summed E-state index contributed by atoms with van der Waals surface area (Å²) in [6, 6.07) is 4.03. The van der Waals surface area contributed by atoms with Crippen LogP contribution in [-0.4, -0.2) is 45.7 Å². The Morgan fingerprint density at radius 3 is 2.76 bits per heavy atom. The van der Waals surface area contributed by atoms with E-state index in [0.717, 1.165) is 61.9 Å². The van der Waals surface area contributed by atoms with E-state index < -0.39 is 0 Å². The van der Waals surface area contributed by atoms with Crippen molar-refractivity contribution in [2.24, 2.45) is 0 Å². The van der Waals surface area contributed by atoms with E-state index in [1.165, 1.54) is 0 Å². The Balaban J connectivity index is 1.85. The molecule has 0 aliphatic carbocycles. The largest absolute Gasteiger partial charge is 0.358 e. The first-order valence-corrected chi connectivity index (χ1v) is 10.8. The number of nitrogens with one attached hydrogen (secondary N) is 3. The molecular formula is C27H32N6. The molecule has 0 saturated carbocycles. The third-order valence-corrected chi connectivity index (χ3v) is 5.20. The summed E-state index contributed by atoms with van der Waals surface area (Å²) in [4.78, 5) is 9.58. The lowest BCUT2D eigenvalue weighted by molar-refractivity contribution is 0.438. The van der Waals surface area contributed by atoms with E-state index in [9.17, 15) is 0 Å². The smallest absolute Gasteiger partial charge is 0.116 e. The lowest BCUT2D eigenvalue weighted by atomic mass is 10.1. The number of pyridine rings is 1. The Labute approximate surface area is 195 Å². The number of likely N-dealkylation sites (N-methyl/N-ethyl adjacent to an activating group) is 1. The lowest BCUT2D eigenvalue weighted by Crippen LogP contribution is -2.23. The van der Waals surface area contributed by atoms with Crippen LogP contribution in [0.4, 0.5) is 0 Å². The fourth-order valence-electron chi connectivity index (χ4n) is 3.51. The molecule has 0 spiro atoms. The summed E-state index contributed by atoms with van der Waals surface area (Å²) in [5, 5.41) is 13.7. The minimum Gasteiger partial charge on any atom is -0.358 e. The van der Waals surface area contributed by atoms with E-state index >= 15 is 0 Å². The highest BCUT2D eigenvalue weighted by Crippen LogP contribution is 2.19. The average Bonchev–Trinajstić information content (AvgIpc) is 3.37. The fourth-order valence-corrected chi connectivity index (χ4v) is 3.51. The normalized spacial score (nSPS) is 13.7. The molecule has 0 aliphatic rings. The highest BCUT2D eigenvalue weighted by molar-refractivity contribution is 5.84. The molecule has 6 nitrogen and oxygen atoms in total. The summed E-state index contributed by atoms with van der Waals surface area (Å²) >= 11 is 0. The first-order chi connectivity index (χ1) is 15.8. The number of nitrogens with zero attached hydrogens (tertiary/aromatic N) is 3. The average molecular weight is 441 g/mol. The van der Waals surface area contributed by atoms with Crippen molar-refractivity contribution < 1.29 is 0 Å². The van der Waals surface area contributed by atoms with Gasteiger partial charge in [-0.15, -0.1) is 0 Å². The fraction of sp³-hybridized carbons (Fsp3) is 0.185. The Bertz CT molecular complexity index is 1330. The van der Waals surface area contributed by atoms with Crippen LogP contribution in [0.2, 0.25) is 0 Å². The number of fused-ring (bicyclic) bond motifs is 1. The highest BCUT2D eigenvalue weighted by atomic mass is 15.1. The minimum absolute atomic E-state index is 0.750. The summed E-state index contributed by atoms with van der Waals surface area (Å²) in [6.07, 6.45) is 13.6. The van der Waals surface area contributed by atoms with Gasteiger partial charge in [0.15, 0.2) is 0 Å². The molecule has 0 unspecified atom stereocenters. The highest BCUT2D eigenvalue weighted by Gasteiger charge is 2.07. The van der Waals surface area contributed by atoms with Gasteiger partial charge in [0.05, 0.1) is 22.8 Å². The molecule has 33 heavy (non-hydrogen) atoms. The lowest BCUT2D eigenvalue weighted by Gasteiger charge is -2.15. The molecule has 0 fully saturated rings. The summed E-state index contributed by atoms with van der Waals surface area (Å²) in [6.45, 7) is 17.1. The number of aromatic nitrogens is 4. The third-order valence-electron chi connectivity index (χ3n) is 5.20. The van der Waals surface area contributed by atoms with E-state index in [-0.39, 0.29) is 0 Å². The van der Waals surface area contributed by atoms with Crippen molar-refractivity contribution >= 4 is 23.6 Å². The first-order valence-electron chi connectivity index (χ1n) is 10.8. The van der Waals surface area contributed by atoms with Crippen LogP contribution in [0.1, 0.15) is 13.8 Å². The van der Waals surface area contributed by atoms with E-state index in [1.54, 1.807) is 12.3 Å². The van der Waals surface area contributed by atoms with Gasteiger partial charge in [-0.3, -0.25) is 10.1 Å². The second kappa shape index (κ2) is 10.6. The van der Waals surface area contributed by atoms with Crippen molar-refractivity contribution in [3.05, 3.63) is 95.1 Å². The molecule has 3 heterocycles. The molecule has 3 N–H and O–H groups in total. The van der Waals surface area contributed by atoms with Crippen molar-refractivity contribution in [3.63, 3.8) is 0 Å². The number of rotatable bonds is 9. The van der Waals surface area contributed by atoms with Gasteiger partial charge in [-0.1, -0.05) is 31.9 Å². The zero-order valence-electron chi connectivity index (χ0n) is 19.9. The van der Waals surface area contributed by atoms with Gasteiger partial charge in [0.25, 0.3) is 0 Å². The Kier molecular flexibility index (Phi) is 7.64. The van der Waals surface area contributed by atoms with Gasteiger partial charge in [0, 0.05) is 34.7 Å². The summed E-state index contributed by atoms with van der Waals surface area (Å²) in [7, 11) is 4.02. The molecular weight excluding hydrogens is 408 g/mol. The van der Waals surface area contributed by atoms with Crippen LogP contribution in [0.3, 0.4) is 0 Å². The maximum Gasteiger partial charge on any atom is 0.116 e. The maximum atomic E-state index is 4.48. The number of hydrogen-bond acceptors (Lipinski definition) is 4. The van der Waals surface area contributed by atoms with Gasteiger partial charge in [0.1, 0.15) is 5.69 Å². The summed E-state index contributed by atoms with van der Waals surface area (Å²) < 4.78 is 0. The molecule has 0 aliphatic heterocycles. The van der Waals surface area contributed by atoms with E-state index in [0.29, 0.717) is 0 Å². The molecule has 0 radical (unpaired) electrons. The molecule has 0 amide bonds. The predicted molar refractivity (Wildman–Crippen MR) is 140 cm³/mol. The van der Waals surface area contributed by atoms with Crippen LogP contribution in [-0.2, 0) is 0 Å². The van der Waals surface area contributed by atoms with Gasteiger partial charge in [0.2, 0.25) is 0 Å². The van der Waals surface area contributed by atoms with Crippen LogP contribution in [0.15, 0.2) is 84.5 Å². The van der Waals surface area contributed by atoms with E-state index in [4.69, 9.17) is 0 Å². The van der Waals surface area contributed by atoms with Crippen LogP contribution in [0.5, 0.6) is 0 Å². The molecule has 0 saturated heterocycles. The molecule has 6 heteroatoms. The van der Waals surface area contributed by atoms with E-state index in [2.05, 4.69) is 81.3 Å². The number of hydrogen-bond donors (Lipinski definition) is 3. The van der Waals surface area contributed by atoms with Crippen molar-refractivity contribution in [3.8, 4) is 11.4 Å². The van der Waals surface area contributed by atoms with Crippen LogP contribution in [0, 0.1) is 0 Å². The van der Waals surface area contributed by atoms with Crippen molar-refractivity contribution in [1.82, 2.24) is 30.4 Å². The van der Waals surface area contributed by atoms with Gasteiger partial charge >= 0.3 is 0 Å². The molecule has 3 aromatic heterocycles. The Hall–Kier alpha value is -3.90. The monoisotopic (exact) mass is 440 g/mol. The van der Waals surface area contributed by atoms with Crippen LogP contribution < -0.4 is 15.9 Å². The number of H-pyrrole nitrogens is 2. The zero-order valence-corrected chi connectivity index (χ0v) is 19.9. The molecule has 0 aromatic carbocycles. The molecule has 0 bridgehead atoms. The Morgan fingerprint density at radius 2 is 2.09 bits per heavy atom. The SMILES string of the molecule is C=C\C(=C/C(=C\C)C(/C)=C/C=c1/[nH]nc(-c2cc3ccncc3[nH]2)c1=C)NC(=C)CN(C)C. The van der Waals surface area contributed by atoms with Crippen molar-refractivity contribution in [2.45, 2.75) is 13.8 Å². The molecule has 0 atom stereocenters. The third kappa shape index (κ3) is 5.87. The van der Waals surface area contributed by atoms with Gasteiger partial charge in [-0.25, -0.2) is 0 Å². The first kappa shape index (κ1) is 23.8. The van der Waals surface area contributed by atoms with Crippen LogP contribution >= 0.6 is 0 Å².